The van der Waals surface area contributed by atoms with E-state index >= 15 is 0 Å². The van der Waals surface area contributed by atoms with Gasteiger partial charge in [0.25, 0.3) is 0 Å². The summed E-state index contributed by atoms with van der Waals surface area (Å²) in [5.74, 6) is 1.34. The molecule has 1 saturated heterocycles. The number of hydrogen-bond acceptors (Lipinski definition) is 5. The highest BCUT2D eigenvalue weighted by molar-refractivity contribution is 7.13. The van der Waals surface area contributed by atoms with Gasteiger partial charge in [0.1, 0.15) is 5.51 Å². The van der Waals surface area contributed by atoms with Crippen LogP contribution in [-0.2, 0) is 4.79 Å². The normalized spacial score (nSPS) is 27.3. The van der Waals surface area contributed by atoms with Crippen molar-refractivity contribution >= 4 is 22.4 Å². The van der Waals surface area contributed by atoms with E-state index in [1.54, 1.807) is 16.8 Å². The predicted octanol–water partition coefficient (Wildman–Crippen LogP) is 2.45. The summed E-state index contributed by atoms with van der Waals surface area (Å²) in [5.41, 5.74) is 2.21. The van der Waals surface area contributed by atoms with E-state index < -0.39 is 0 Å². The molecule has 1 aromatic heterocycles. The molecular weight excluding hydrogens is 296 g/mol. The first kappa shape index (κ1) is 14.4. The van der Waals surface area contributed by atoms with E-state index in [1.165, 1.54) is 32.1 Å². The molecular formula is C16H24N4OS. The molecule has 3 aliphatic rings. The molecule has 2 saturated carbocycles. The fraction of sp³-hybridized carbons (Fsp3) is 0.812. The molecule has 5 nitrogen and oxygen atoms in total. The lowest BCUT2D eigenvalue weighted by Crippen LogP contribution is -2.39. The van der Waals surface area contributed by atoms with Gasteiger partial charge in [-0.25, -0.2) is 0 Å². The molecule has 120 valence electrons. The second-order valence-corrected chi connectivity index (χ2v) is 8.15. The number of anilines is 1. The standard InChI is InChI=1S/C16H24N4OS/c21-14(17-10-12-1-2-12)13-3-4-16(9-13)5-7-20(8-6-16)15-19-18-11-22-15/h11-13H,1-10H2,(H,17,21)/t13-/m0/s1. The van der Waals surface area contributed by atoms with Crippen molar-refractivity contribution in [1.29, 1.82) is 0 Å². The molecule has 1 N–H and O–H groups in total. The van der Waals surface area contributed by atoms with Crippen LogP contribution in [0.5, 0.6) is 0 Å². The van der Waals surface area contributed by atoms with Crippen LogP contribution in [0.3, 0.4) is 0 Å². The first-order chi connectivity index (χ1) is 10.7. The maximum Gasteiger partial charge on any atom is 0.223 e. The van der Waals surface area contributed by atoms with Crippen molar-refractivity contribution < 1.29 is 4.79 Å². The third-order valence-electron chi connectivity index (χ3n) is 5.78. The molecule has 2 heterocycles. The first-order valence-corrected chi connectivity index (χ1v) is 9.41. The van der Waals surface area contributed by atoms with E-state index in [1.807, 2.05) is 0 Å². The zero-order valence-electron chi connectivity index (χ0n) is 13.0. The summed E-state index contributed by atoms with van der Waals surface area (Å²) in [6.07, 6.45) is 8.38. The first-order valence-electron chi connectivity index (χ1n) is 8.53. The number of amides is 1. The molecule has 0 aromatic carbocycles. The number of rotatable bonds is 4. The fourth-order valence-corrected chi connectivity index (χ4v) is 4.69. The highest BCUT2D eigenvalue weighted by Gasteiger charge is 2.43. The van der Waals surface area contributed by atoms with Crippen LogP contribution in [0, 0.1) is 17.3 Å². The monoisotopic (exact) mass is 320 g/mol. The van der Waals surface area contributed by atoms with Crippen LogP contribution in [0.15, 0.2) is 5.51 Å². The van der Waals surface area contributed by atoms with Crippen molar-refractivity contribution in [2.24, 2.45) is 17.3 Å². The van der Waals surface area contributed by atoms with Gasteiger partial charge < -0.3 is 10.2 Å². The molecule has 0 unspecified atom stereocenters. The maximum atomic E-state index is 12.3. The summed E-state index contributed by atoms with van der Waals surface area (Å²) in [6.45, 7) is 3.03. The Morgan fingerprint density at radius 3 is 2.82 bits per heavy atom. The number of nitrogens with zero attached hydrogens (tertiary/aromatic N) is 3. The maximum absolute atomic E-state index is 12.3. The van der Waals surface area contributed by atoms with Crippen LogP contribution in [-0.4, -0.2) is 35.7 Å². The average molecular weight is 320 g/mol. The van der Waals surface area contributed by atoms with Crippen LogP contribution in [0.1, 0.15) is 44.9 Å². The van der Waals surface area contributed by atoms with Gasteiger partial charge in [-0.1, -0.05) is 11.3 Å². The quantitative estimate of drug-likeness (QED) is 0.926. The number of carbonyl (C=O) groups excluding carboxylic acids is 1. The third-order valence-corrected chi connectivity index (χ3v) is 6.53. The van der Waals surface area contributed by atoms with Crippen molar-refractivity contribution in [1.82, 2.24) is 15.5 Å². The predicted molar refractivity (Wildman–Crippen MR) is 86.9 cm³/mol. The van der Waals surface area contributed by atoms with Crippen LogP contribution < -0.4 is 10.2 Å². The summed E-state index contributed by atoms with van der Waals surface area (Å²) in [6, 6.07) is 0. The lowest BCUT2D eigenvalue weighted by molar-refractivity contribution is -0.125. The van der Waals surface area contributed by atoms with Gasteiger partial charge in [-0.05, 0) is 56.3 Å². The molecule has 2 aliphatic carbocycles. The molecule has 4 rings (SSSR count). The Bertz CT molecular complexity index is 520. The molecule has 3 fully saturated rings. The Kier molecular flexibility index (Phi) is 3.80. The van der Waals surface area contributed by atoms with Gasteiger partial charge in [-0.3, -0.25) is 4.79 Å². The van der Waals surface area contributed by atoms with Gasteiger partial charge in [0.15, 0.2) is 0 Å². The van der Waals surface area contributed by atoms with Gasteiger partial charge in [0.2, 0.25) is 11.0 Å². The van der Waals surface area contributed by atoms with Crippen LogP contribution >= 0.6 is 11.3 Å². The van der Waals surface area contributed by atoms with Crippen molar-refractivity contribution in [2.45, 2.75) is 44.9 Å². The zero-order valence-corrected chi connectivity index (χ0v) is 13.8. The lowest BCUT2D eigenvalue weighted by atomic mass is 9.76. The second kappa shape index (κ2) is 5.80. The largest absolute Gasteiger partial charge is 0.356 e. The minimum atomic E-state index is 0.256. The van der Waals surface area contributed by atoms with Crippen molar-refractivity contribution in [3.63, 3.8) is 0 Å². The highest BCUT2D eigenvalue weighted by Crippen LogP contribution is 2.49. The third kappa shape index (κ3) is 2.98. The van der Waals surface area contributed by atoms with Crippen LogP contribution in [0.2, 0.25) is 0 Å². The van der Waals surface area contributed by atoms with E-state index in [0.29, 0.717) is 11.3 Å². The average Bonchev–Trinajstić information content (AvgIpc) is 3.04. The Balaban J connectivity index is 1.29. The van der Waals surface area contributed by atoms with E-state index in [2.05, 4.69) is 20.4 Å². The molecule has 1 aromatic rings. The molecule has 0 radical (unpaired) electrons. The van der Waals surface area contributed by atoms with Crippen molar-refractivity contribution in [3.05, 3.63) is 5.51 Å². The van der Waals surface area contributed by atoms with E-state index in [0.717, 1.165) is 43.5 Å². The van der Waals surface area contributed by atoms with Gasteiger partial charge >= 0.3 is 0 Å². The Morgan fingerprint density at radius 2 is 2.14 bits per heavy atom. The second-order valence-electron chi connectivity index (χ2n) is 7.34. The number of carbonyl (C=O) groups is 1. The summed E-state index contributed by atoms with van der Waals surface area (Å²) >= 11 is 1.62. The van der Waals surface area contributed by atoms with E-state index in [-0.39, 0.29) is 5.92 Å². The topological polar surface area (TPSA) is 58.1 Å². The Morgan fingerprint density at radius 1 is 1.32 bits per heavy atom. The van der Waals surface area contributed by atoms with Gasteiger partial charge in [0.05, 0.1) is 0 Å². The van der Waals surface area contributed by atoms with Gasteiger partial charge in [-0.2, -0.15) is 0 Å². The molecule has 1 amide bonds. The van der Waals surface area contributed by atoms with Gasteiger partial charge in [-0.15, -0.1) is 10.2 Å². The molecule has 1 spiro atoms. The lowest BCUT2D eigenvalue weighted by Gasteiger charge is -2.39. The summed E-state index contributed by atoms with van der Waals surface area (Å²) < 4.78 is 0. The molecule has 0 bridgehead atoms. The Hall–Kier alpha value is -1.17. The van der Waals surface area contributed by atoms with Crippen LogP contribution in [0.25, 0.3) is 0 Å². The number of hydrogen-bond donors (Lipinski definition) is 1. The summed E-state index contributed by atoms with van der Waals surface area (Å²) in [5, 5.41) is 12.3. The molecule has 22 heavy (non-hydrogen) atoms. The molecule has 1 aliphatic heterocycles. The summed E-state index contributed by atoms with van der Waals surface area (Å²) in [4.78, 5) is 14.7. The van der Waals surface area contributed by atoms with E-state index in [9.17, 15) is 4.79 Å². The van der Waals surface area contributed by atoms with Crippen molar-refractivity contribution in [2.75, 3.05) is 24.5 Å². The number of aromatic nitrogens is 2. The van der Waals surface area contributed by atoms with Gasteiger partial charge in [0, 0.05) is 25.6 Å². The minimum Gasteiger partial charge on any atom is -0.356 e. The highest BCUT2D eigenvalue weighted by atomic mass is 32.1. The molecule has 6 heteroatoms. The van der Waals surface area contributed by atoms with Crippen molar-refractivity contribution in [3.8, 4) is 0 Å². The van der Waals surface area contributed by atoms with E-state index in [4.69, 9.17) is 0 Å². The Labute approximate surface area is 135 Å². The minimum absolute atomic E-state index is 0.256. The summed E-state index contributed by atoms with van der Waals surface area (Å²) in [7, 11) is 0. The smallest absolute Gasteiger partial charge is 0.223 e. The fourth-order valence-electron chi connectivity index (χ4n) is 4.07. The molecule has 1 atom stereocenters. The zero-order chi connectivity index (χ0) is 15.0. The SMILES string of the molecule is O=C(NCC1CC1)[C@H]1CCC2(CCN(c3nncs3)CC2)C1. The number of nitrogens with one attached hydrogen (secondary N) is 1. The number of piperidine rings is 1. The van der Waals surface area contributed by atoms with Crippen LogP contribution in [0.4, 0.5) is 5.13 Å².